The molecule has 0 aromatic heterocycles. The lowest BCUT2D eigenvalue weighted by atomic mass is 10.1. The molecule has 114 valence electrons. The molecule has 0 bridgehead atoms. The van der Waals surface area contributed by atoms with Crippen LogP contribution in [-0.4, -0.2) is 23.8 Å². The molecule has 0 aliphatic heterocycles. The first-order valence-electron chi connectivity index (χ1n) is 5.62. The average molecular weight is 419 g/mol. The van der Waals surface area contributed by atoms with Gasteiger partial charge < -0.3 is 11.1 Å². The molecule has 20 heavy (non-hydrogen) atoms. The van der Waals surface area contributed by atoms with Crippen LogP contribution in [0.25, 0.3) is 0 Å². The molecular weight excluding hydrogens is 402 g/mol. The molecule has 0 unspecified atom stereocenters. The van der Waals surface area contributed by atoms with Crippen molar-refractivity contribution in [2.75, 3.05) is 17.6 Å². The van der Waals surface area contributed by atoms with Gasteiger partial charge in [-0.3, -0.25) is 4.99 Å². The lowest BCUT2D eigenvalue weighted by molar-refractivity contribution is -0.0327. The van der Waals surface area contributed by atoms with Crippen molar-refractivity contribution in [2.24, 2.45) is 10.7 Å². The lowest BCUT2D eigenvalue weighted by Gasteiger charge is -2.08. The summed E-state index contributed by atoms with van der Waals surface area (Å²) >= 11 is -0.104. The zero-order chi connectivity index (χ0) is 14.5. The van der Waals surface area contributed by atoms with Crippen LogP contribution in [0.15, 0.2) is 23.2 Å². The SMILES string of the molecule is Cc1cc(C)cc(NC(N)=NCCSC(F)(F)F)c1.I. The standard InChI is InChI=1S/C12H16F3N3S.HI/c1-8-5-9(2)7-10(6-8)18-11(16)17-3-4-19-12(13,14)15;/h5-7H,3-4H2,1-2H3,(H3,16,17,18);1H. The van der Waals surface area contributed by atoms with Crippen LogP contribution < -0.4 is 11.1 Å². The highest BCUT2D eigenvalue weighted by atomic mass is 127. The van der Waals surface area contributed by atoms with Crippen molar-refractivity contribution in [1.82, 2.24) is 0 Å². The summed E-state index contributed by atoms with van der Waals surface area (Å²) in [6.07, 6.45) is 0. The molecule has 0 atom stereocenters. The van der Waals surface area contributed by atoms with Gasteiger partial charge in [-0.2, -0.15) is 13.2 Å². The van der Waals surface area contributed by atoms with E-state index in [1.165, 1.54) is 0 Å². The van der Waals surface area contributed by atoms with Gasteiger partial charge in [-0.25, -0.2) is 0 Å². The Morgan fingerprint density at radius 3 is 2.30 bits per heavy atom. The molecule has 0 heterocycles. The van der Waals surface area contributed by atoms with Gasteiger partial charge >= 0.3 is 5.51 Å². The van der Waals surface area contributed by atoms with E-state index >= 15 is 0 Å². The zero-order valence-electron chi connectivity index (χ0n) is 11.1. The number of hydrogen-bond donors (Lipinski definition) is 2. The van der Waals surface area contributed by atoms with E-state index in [1.807, 2.05) is 32.0 Å². The summed E-state index contributed by atoms with van der Waals surface area (Å²) in [5.74, 6) is -0.0218. The van der Waals surface area contributed by atoms with Crippen LogP contribution in [0, 0.1) is 13.8 Å². The maximum Gasteiger partial charge on any atom is 0.441 e. The molecule has 0 fully saturated rings. The number of guanidine groups is 1. The quantitative estimate of drug-likeness (QED) is 0.337. The van der Waals surface area contributed by atoms with Gasteiger partial charge in [-0.05, 0) is 48.9 Å². The first kappa shape index (κ1) is 19.4. The summed E-state index contributed by atoms with van der Waals surface area (Å²) in [4.78, 5) is 3.84. The third kappa shape index (κ3) is 8.51. The lowest BCUT2D eigenvalue weighted by Crippen LogP contribution is -2.23. The van der Waals surface area contributed by atoms with E-state index in [0.717, 1.165) is 16.8 Å². The Balaban J connectivity index is 0.00000361. The number of nitrogens with two attached hydrogens (primary N) is 1. The first-order valence-corrected chi connectivity index (χ1v) is 6.61. The third-order valence-corrected chi connectivity index (χ3v) is 2.85. The summed E-state index contributed by atoms with van der Waals surface area (Å²) < 4.78 is 35.7. The topological polar surface area (TPSA) is 50.4 Å². The zero-order valence-corrected chi connectivity index (χ0v) is 14.3. The molecule has 0 saturated heterocycles. The van der Waals surface area contributed by atoms with Crippen LogP contribution in [0.4, 0.5) is 18.9 Å². The predicted molar refractivity (Wildman–Crippen MR) is 90.0 cm³/mol. The number of anilines is 1. The molecule has 1 aromatic carbocycles. The minimum Gasteiger partial charge on any atom is -0.370 e. The molecule has 0 radical (unpaired) electrons. The summed E-state index contributed by atoms with van der Waals surface area (Å²) in [6, 6.07) is 5.79. The summed E-state index contributed by atoms with van der Waals surface area (Å²) in [5, 5.41) is 2.86. The predicted octanol–water partition coefficient (Wildman–Crippen LogP) is 3.90. The van der Waals surface area contributed by atoms with Gasteiger partial charge in [0.25, 0.3) is 0 Å². The van der Waals surface area contributed by atoms with Crippen LogP contribution >= 0.6 is 35.7 Å². The van der Waals surface area contributed by atoms with Crippen molar-refractivity contribution in [2.45, 2.75) is 19.4 Å². The second-order valence-corrected chi connectivity index (χ2v) is 5.22. The second-order valence-electron chi connectivity index (χ2n) is 4.06. The van der Waals surface area contributed by atoms with Crippen molar-refractivity contribution < 1.29 is 13.2 Å². The minimum absolute atomic E-state index is 0. The fraction of sp³-hybridized carbons (Fsp3) is 0.417. The number of thioether (sulfide) groups is 1. The van der Waals surface area contributed by atoms with E-state index in [9.17, 15) is 13.2 Å². The van der Waals surface area contributed by atoms with Gasteiger partial charge in [-0.15, -0.1) is 24.0 Å². The number of nitrogens with one attached hydrogen (secondary N) is 1. The van der Waals surface area contributed by atoms with Gasteiger partial charge in [0, 0.05) is 11.4 Å². The Morgan fingerprint density at radius 2 is 1.80 bits per heavy atom. The highest BCUT2D eigenvalue weighted by molar-refractivity contribution is 14.0. The van der Waals surface area contributed by atoms with Gasteiger partial charge in [0.05, 0.1) is 6.54 Å². The van der Waals surface area contributed by atoms with Gasteiger partial charge in [0.2, 0.25) is 0 Å². The van der Waals surface area contributed by atoms with Crippen molar-refractivity contribution >= 4 is 47.4 Å². The Morgan fingerprint density at radius 1 is 1.25 bits per heavy atom. The molecule has 3 nitrogen and oxygen atoms in total. The maximum absolute atomic E-state index is 11.9. The van der Waals surface area contributed by atoms with Crippen LogP contribution in [-0.2, 0) is 0 Å². The molecule has 0 aliphatic carbocycles. The largest absolute Gasteiger partial charge is 0.441 e. The molecule has 1 aromatic rings. The Bertz CT molecular complexity index is 444. The van der Waals surface area contributed by atoms with Crippen molar-refractivity contribution in [3.8, 4) is 0 Å². The Labute approximate surface area is 137 Å². The summed E-state index contributed by atoms with van der Waals surface area (Å²) in [7, 11) is 0. The van der Waals surface area contributed by atoms with E-state index in [1.54, 1.807) is 0 Å². The van der Waals surface area contributed by atoms with Crippen molar-refractivity contribution in [1.29, 1.82) is 0 Å². The fourth-order valence-corrected chi connectivity index (χ4v) is 1.98. The first-order chi connectivity index (χ1) is 8.76. The number of halogens is 4. The number of aryl methyl sites for hydroxylation is 2. The van der Waals surface area contributed by atoms with Crippen LogP contribution in [0.2, 0.25) is 0 Å². The number of nitrogens with zero attached hydrogens (tertiary/aromatic N) is 1. The van der Waals surface area contributed by atoms with E-state index < -0.39 is 5.51 Å². The monoisotopic (exact) mass is 419 g/mol. The highest BCUT2D eigenvalue weighted by Gasteiger charge is 2.27. The summed E-state index contributed by atoms with van der Waals surface area (Å²) in [5.41, 5.74) is 4.31. The average Bonchev–Trinajstić information content (AvgIpc) is 2.21. The van der Waals surface area contributed by atoms with Gasteiger partial charge in [0.1, 0.15) is 0 Å². The third-order valence-electron chi connectivity index (χ3n) is 2.13. The molecule has 0 spiro atoms. The number of benzene rings is 1. The number of hydrogen-bond acceptors (Lipinski definition) is 2. The number of aliphatic imine (C=N–C) groups is 1. The van der Waals surface area contributed by atoms with Crippen LogP contribution in [0.5, 0.6) is 0 Å². The van der Waals surface area contributed by atoms with Gasteiger partial charge in [-0.1, -0.05) is 6.07 Å². The Kier molecular flexibility index (Phi) is 8.33. The minimum atomic E-state index is -4.22. The second kappa shape index (κ2) is 8.60. The molecule has 0 amide bonds. The van der Waals surface area contributed by atoms with E-state index in [-0.39, 0.29) is 54.0 Å². The van der Waals surface area contributed by atoms with E-state index in [0.29, 0.717) is 0 Å². The van der Waals surface area contributed by atoms with Crippen LogP contribution in [0.1, 0.15) is 11.1 Å². The summed E-state index contributed by atoms with van der Waals surface area (Å²) in [6.45, 7) is 3.92. The molecular formula is C12H17F3IN3S. The van der Waals surface area contributed by atoms with Crippen LogP contribution in [0.3, 0.4) is 0 Å². The van der Waals surface area contributed by atoms with E-state index in [2.05, 4.69) is 10.3 Å². The number of rotatable bonds is 4. The molecule has 8 heteroatoms. The molecule has 1 rings (SSSR count). The van der Waals surface area contributed by atoms with Crippen molar-refractivity contribution in [3.63, 3.8) is 0 Å². The number of alkyl halides is 3. The molecule has 0 saturated carbocycles. The fourth-order valence-electron chi connectivity index (χ4n) is 1.56. The van der Waals surface area contributed by atoms with Gasteiger partial charge in [0.15, 0.2) is 5.96 Å². The highest BCUT2D eigenvalue weighted by Crippen LogP contribution is 2.29. The van der Waals surface area contributed by atoms with E-state index in [4.69, 9.17) is 5.73 Å². The Hall–Kier alpha value is -0.640. The van der Waals surface area contributed by atoms with Crippen molar-refractivity contribution in [3.05, 3.63) is 29.3 Å². The normalized spacial score (nSPS) is 11.9. The molecule has 3 N–H and O–H groups in total. The smallest absolute Gasteiger partial charge is 0.370 e. The molecule has 0 aliphatic rings. The maximum atomic E-state index is 11.9.